The smallest absolute Gasteiger partial charge is 0.287 e. The number of hydrogen-bond donors (Lipinski definition) is 2. The number of nitrogens with two attached hydrogens (primary N) is 1. The third kappa shape index (κ3) is 2.48. The summed E-state index contributed by atoms with van der Waals surface area (Å²) in [6.07, 6.45) is 0.765. The number of rotatable bonds is 4. The zero-order chi connectivity index (χ0) is 10.6. The first-order valence-electron chi connectivity index (χ1n) is 4.13. The molecule has 0 aromatic carbocycles. The summed E-state index contributed by atoms with van der Waals surface area (Å²) in [7, 11) is 0. The number of hydrogen-bond acceptors (Lipinski definition) is 5. The predicted molar refractivity (Wildman–Crippen MR) is 49.5 cm³/mol. The van der Waals surface area contributed by atoms with Crippen molar-refractivity contribution in [3.05, 3.63) is 34.1 Å². The van der Waals surface area contributed by atoms with Gasteiger partial charge in [-0.1, -0.05) is 0 Å². The summed E-state index contributed by atoms with van der Waals surface area (Å²) >= 11 is 0. The largest absolute Gasteiger partial charge is 0.387 e. The molecule has 6 heteroatoms. The molecule has 0 aliphatic rings. The molecule has 1 aromatic rings. The number of aliphatic hydroxyl groups is 1. The highest BCUT2D eigenvalue weighted by Gasteiger charge is 2.10. The van der Waals surface area contributed by atoms with E-state index in [0.29, 0.717) is 18.7 Å². The molecule has 1 aromatic heterocycles. The van der Waals surface area contributed by atoms with Crippen molar-refractivity contribution in [2.75, 3.05) is 6.54 Å². The van der Waals surface area contributed by atoms with Gasteiger partial charge in [-0.15, -0.1) is 0 Å². The quantitative estimate of drug-likeness (QED) is 0.536. The van der Waals surface area contributed by atoms with Gasteiger partial charge in [0.1, 0.15) is 6.20 Å². The van der Waals surface area contributed by atoms with Crippen LogP contribution in [0.2, 0.25) is 0 Å². The van der Waals surface area contributed by atoms with E-state index in [1.54, 1.807) is 0 Å². The van der Waals surface area contributed by atoms with Gasteiger partial charge in [-0.3, -0.25) is 15.1 Å². The lowest BCUT2D eigenvalue weighted by Gasteiger charge is -2.06. The molecule has 0 saturated heterocycles. The lowest BCUT2D eigenvalue weighted by Crippen LogP contribution is -2.08. The average Bonchev–Trinajstić information content (AvgIpc) is 2.18. The topological polar surface area (TPSA) is 102 Å². The summed E-state index contributed by atoms with van der Waals surface area (Å²) in [4.78, 5) is 13.5. The van der Waals surface area contributed by atoms with Crippen molar-refractivity contribution in [2.24, 2.45) is 5.73 Å². The maximum absolute atomic E-state index is 10.3. The lowest BCUT2D eigenvalue weighted by atomic mass is 10.1. The summed E-state index contributed by atoms with van der Waals surface area (Å²) in [5.74, 6) is 0. The average molecular weight is 197 g/mol. The van der Waals surface area contributed by atoms with E-state index in [9.17, 15) is 15.2 Å². The van der Waals surface area contributed by atoms with Gasteiger partial charge in [0.2, 0.25) is 0 Å². The van der Waals surface area contributed by atoms with Crippen molar-refractivity contribution in [3.63, 3.8) is 0 Å². The van der Waals surface area contributed by atoms with Crippen molar-refractivity contribution in [2.45, 2.75) is 12.5 Å². The van der Waals surface area contributed by atoms with Crippen LogP contribution in [-0.2, 0) is 0 Å². The Kier molecular flexibility index (Phi) is 3.49. The predicted octanol–water partition coefficient (Wildman–Crippen LogP) is 0.372. The van der Waals surface area contributed by atoms with Crippen LogP contribution in [0.3, 0.4) is 0 Å². The van der Waals surface area contributed by atoms with Crippen LogP contribution in [0.25, 0.3) is 0 Å². The molecule has 0 fully saturated rings. The Morgan fingerprint density at radius 2 is 2.36 bits per heavy atom. The molecule has 0 amide bonds. The molecule has 0 unspecified atom stereocenters. The maximum atomic E-state index is 10.3. The normalized spacial score (nSPS) is 12.4. The second-order valence-electron chi connectivity index (χ2n) is 2.79. The molecule has 0 aliphatic carbocycles. The molecule has 14 heavy (non-hydrogen) atoms. The first kappa shape index (κ1) is 10.6. The van der Waals surface area contributed by atoms with Gasteiger partial charge < -0.3 is 10.8 Å². The van der Waals surface area contributed by atoms with Crippen molar-refractivity contribution in [1.29, 1.82) is 0 Å². The fourth-order valence-electron chi connectivity index (χ4n) is 1.01. The third-order valence-corrected chi connectivity index (χ3v) is 1.76. The van der Waals surface area contributed by atoms with Crippen molar-refractivity contribution < 1.29 is 10.0 Å². The number of pyridine rings is 1. The second kappa shape index (κ2) is 4.64. The summed E-state index contributed by atoms with van der Waals surface area (Å²) < 4.78 is 0. The molecule has 76 valence electrons. The van der Waals surface area contributed by atoms with E-state index in [1.165, 1.54) is 12.1 Å². The Bertz CT molecular complexity index is 312. The molecule has 0 saturated carbocycles. The van der Waals surface area contributed by atoms with E-state index in [0.717, 1.165) is 6.20 Å². The maximum Gasteiger partial charge on any atom is 0.287 e. The van der Waals surface area contributed by atoms with Gasteiger partial charge in [0.05, 0.1) is 16.7 Å². The summed E-state index contributed by atoms with van der Waals surface area (Å²) in [5.41, 5.74) is 5.56. The third-order valence-electron chi connectivity index (χ3n) is 1.76. The van der Waals surface area contributed by atoms with Crippen LogP contribution < -0.4 is 5.73 Å². The van der Waals surface area contributed by atoms with Gasteiger partial charge in [0, 0.05) is 6.07 Å². The summed E-state index contributed by atoms with van der Waals surface area (Å²) in [6.45, 7) is 0.347. The van der Waals surface area contributed by atoms with Crippen LogP contribution in [0.1, 0.15) is 18.2 Å². The minimum atomic E-state index is -0.749. The van der Waals surface area contributed by atoms with E-state index >= 15 is 0 Å². The molecule has 1 atom stereocenters. The van der Waals surface area contributed by atoms with Crippen molar-refractivity contribution >= 4 is 5.69 Å². The van der Waals surface area contributed by atoms with Crippen LogP contribution in [0, 0.1) is 10.1 Å². The molecule has 1 heterocycles. The molecule has 1 rings (SSSR count). The monoisotopic (exact) mass is 197 g/mol. The zero-order valence-electron chi connectivity index (χ0n) is 7.46. The Labute approximate surface area is 80.5 Å². The van der Waals surface area contributed by atoms with Crippen LogP contribution >= 0.6 is 0 Å². The molecule has 0 radical (unpaired) electrons. The Balaban J connectivity index is 2.77. The van der Waals surface area contributed by atoms with Gasteiger partial charge in [-0.2, -0.15) is 0 Å². The SMILES string of the molecule is NCC[C@H](O)c1ccc([N+](=O)[O-])cn1. The van der Waals surface area contributed by atoms with Gasteiger partial charge in [-0.25, -0.2) is 0 Å². The van der Waals surface area contributed by atoms with Crippen molar-refractivity contribution in [3.8, 4) is 0 Å². The zero-order valence-corrected chi connectivity index (χ0v) is 7.46. The molecule has 0 aliphatic heterocycles. The fraction of sp³-hybridized carbons (Fsp3) is 0.375. The molecular weight excluding hydrogens is 186 g/mol. The fourth-order valence-corrected chi connectivity index (χ4v) is 1.01. The number of nitro groups is 1. The van der Waals surface area contributed by atoms with Crippen molar-refractivity contribution in [1.82, 2.24) is 4.98 Å². The minimum absolute atomic E-state index is 0.0892. The van der Waals surface area contributed by atoms with Gasteiger partial charge in [0.25, 0.3) is 5.69 Å². The van der Waals surface area contributed by atoms with Crippen LogP contribution in [-0.4, -0.2) is 21.6 Å². The molecule has 3 N–H and O–H groups in total. The van der Waals surface area contributed by atoms with Gasteiger partial charge >= 0.3 is 0 Å². The molecular formula is C8H11N3O3. The van der Waals surface area contributed by atoms with Crippen LogP contribution in [0.15, 0.2) is 18.3 Å². The van der Waals surface area contributed by atoms with E-state index in [2.05, 4.69) is 4.98 Å². The lowest BCUT2D eigenvalue weighted by molar-refractivity contribution is -0.385. The van der Waals surface area contributed by atoms with Gasteiger partial charge in [0.15, 0.2) is 0 Å². The summed E-state index contributed by atoms with van der Waals surface area (Å²) in [6, 6.07) is 2.74. The van der Waals surface area contributed by atoms with E-state index in [1.807, 2.05) is 0 Å². The first-order chi connectivity index (χ1) is 6.65. The molecule has 0 spiro atoms. The van der Waals surface area contributed by atoms with Gasteiger partial charge in [-0.05, 0) is 19.0 Å². The highest BCUT2D eigenvalue weighted by molar-refractivity contribution is 5.27. The number of aliphatic hydroxyl groups excluding tert-OH is 1. The highest BCUT2D eigenvalue weighted by atomic mass is 16.6. The molecule has 6 nitrogen and oxygen atoms in total. The standard InChI is InChI=1S/C8H11N3O3/c9-4-3-8(12)7-2-1-6(5-10-7)11(13)14/h1-2,5,8,12H,3-4,9H2/t8-/m0/s1. The number of nitrogens with zero attached hydrogens (tertiary/aromatic N) is 2. The number of aromatic nitrogens is 1. The van der Waals surface area contributed by atoms with E-state index < -0.39 is 11.0 Å². The highest BCUT2D eigenvalue weighted by Crippen LogP contribution is 2.16. The Morgan fingerprint density at radius 3 is 2.79 bits per heavy atom. The minimum Gasteiger partial charge on any atom is -0.387 e. The Hall–Kier alpha value is -1.53. The second-order valence-corrected chi connectivity index (χ2v) is 2.79. The Morgan fingerprint density at radius 1 is 1.64 bits per heavy atom. The first-order valence-corrected chi connectivity index (χ1v) is 4.13. The van der Waals surface area contributed by atoms with E-state index in [4.69, 9.17) is 5.73 Å². The molecule has 0 bridgehead atoms. The van der Waals surface area contributed by atoms with Crippen LogP contribution in [0.4, 0.5) is 5.69 Å². The van der Waals surface area contributed by atoms with E-state index in [-0.39, 0.29) is 5.69 Å². The summed E-state index contributed by atoms with van der Waals surface area (Å²) in [5, 5.41) is 19.7. The van der Waals surface area contributed by atoms with Crippen LogP contribution in [0.5, 0.6) is 0 Å².